The topological polar surface area (TPSA) is 76.1 Å². The van der Waals surface area contributed by atoms with E-state index in [9.17, 15) is 9.59 Å². The maximum atomic E-state index is 11.9. The number of carbonyl (C=O) groups excluding carboxylic acids is 1. The van der Waals surface area contributed by atoms with Crippen LogP contribution in [0.5, 0.6) is 0 Å². The molecule has 1 fully saturated rings. The molecule has 0 atom stereocenters. The molecule has 0 radical (unpaired) electrons. The predicted octanol–water partition coefficient (Wildman–Crippen LogP) is 1.42. The average Bonchev–Trinajstić information content (AvgIpc) is 2.90. The number of rotatable bonds is 3. The fraction of sp³-hybridized carbons (Fsp3) is 0.333. The van der Waals surface area contributed by atoms with Crippen molar-refractivity contribution >= 4 is 12.1 Å². The van der Waals surface area contributed by atoms with Gasteiger partial charge in [0, 0.05) is 0 Å². The summed E-state index contributed by atoms with van der Waals surface area (Å²) in [5, 5.41) is 8.90. The van der Waals surface area contributed by atoms with Crippen molar-refractivity contribution in [1.82, 2.24) is 4.90 Å². The molecule has 0 saturated carbocycles. The fourth-order valence-electron chi connectivity index (χ4n) is 2.47. The molecule has 3 rings (SSSR count). The lowest BCUT2D eigenvalue weighted by molar-refractivity contribution is -0.133. The summed E-state index contributed by atoms with van der Waals surface area (Å²) in [5.41, 5.74) is 0.526. The van der Waals surface area contributed by atoms with E-state index in [-0.39, 0.29) is 18.8 Å². The summed E-state index contributed by atoms with van der Waals surface area (Å²) in [6, 6.07) is 9.42. The number of carbonyl (C=O) groups is 2. The number of hydrogen-bond acceptors (Lipinski definition) is 4. The fourth-order valence-corrected chi connectivity index (χ4v) is 2.47. The number of aliphatic carboxylic acids is 1. The Morgan fingerprint density at radius 3 is 2.62 bits per heavy atom. The first kappa shape index (κ1) is 13.6. The molecule has 2 heterocycles. The molecule has 1 aromatic carbocycles. The monoisotopic (exact) mass is 289 g/mol. The van der Waals surface area contributed by atoms with Crippen molar-refractivity contribution in [1.29, 1.82) is 0 Å². The van der Waals surface area contributed by atoms with Crippen LogP contribution in [0.2, 0.25) is 0 Å². The van der Waals surface area contributed by atoms with Gasteiger partial charge in [-0.1, -0.05) is 30.3 Å². The number of carboxylic acid groups (broad SMARTS) is 1. The van der Waals surface area contributed by atoms with Crippen LogP contribution < -0.4 is 0 Å². The van der Waals surface area contributed by atoms with Crippen LogP contribution in [0.1, 0.15) is 5.56 Å². The van der Waals surface area contributed by atoms with Crippen LogP contribution in [0, 0.1) is 0 Å². The zero-order valence-electron chi connectivity index (χ0n) is 11.3. The van der Waals surface area contributed by atoms with E-state index < -0.39 is 17.7 Å². The summed E-state index contributed by atoms with van der Waals surface area (Å²) in [7, 11) is 0. The Kier molecular flexibility index (Phi) is 3.39. The van der Waals surface area contributed by atoms with Crippen molar-refractivity contribution in [2.45, 2.75) is 12.2 Å². The number of carboxylic acids is 1. The quantitative estimate of drug-likeness (QED) is 0.910. The Morgan fingerprint density at radius 2 is 2.00 bits per heavy atom. The molecule has 0 unspecified atom stereocenters. The first-order chi connectivity index (χ1) is 10.1. The first-order valence-corrected chi connectivity index (χ1v) is 6.63. The van der Waals surface area contributed by atoms with Crippen molar-refractivity contribution in [2.24, 2.45) is 0 Å². The van der Waals surface area contributed by atoms with Gasteiger partial charge >= 0.3 is 12.1 Å². The number of benzene rings is 1. The summed E-state index contributed by atoms with van der Waals surface area (Å²) in [6.45, 7) is 0.970. The van der Waals surface area contributed by atoms with E-state index >= 15 is 0 Å². The van der Waals surface area contributed by atoms with Gasteiger partial charge in [-0.05, 0) is 11.6 Å². The third-order valence-electron chi connectivity index (χ3n) is 3.61. The predicted molar refractivity (Wildman–Crippen MR) is 72.6 cm³/mol. The Hall–Kier alpha value is -2.34. The zero-order chi connectivity index (χ0) is 14.9. The van der Waals surface area contributed by atoms with Crippen LogP contribution in [0.3, 0.4) is 0 Å². The van der Waals surface area contributed by atoms with Crippen molar-refractivity contribution < 1.29 is 24.2 Å². The lowest BCUT2D eigenvalue weighted by Gasteiger charge is -2.44. The third kappa shape index (κ3) is 2.75. The first-order valence-electron chi connectivity index (χ1n) is 6.63. The van der Waals surface area contributed by atoms with Gasteiger partial charge in [0.05, 0.1) is 25.3 Å². The summed E-state index contributed by atoms with van der Waals surface area (Å²) < 4.78 is 10.7. The highest BCUT2D eigenvalue weighted by molar-refractivity contribution is 5.88. The third-order valence-corrected chi connectivity index (χ3v) is 3.61. The van der Waals surface area contributed by atoms with E-state index in [1.165, 1.54) is 4.90 Å². The van der Waals surface area contributed by atoms with Gasteiger partial charge in [0.2, 0.25) is 0 Å². The number of ether oxygens (including phenoxy) is 2. The van der Waals surface area contributed by atoms with Gasteiger partial charge in [0.15, 0.2) is 0 Å². The highest BCUT2D eigenvalue weighted by atomic mass is 16.6. The van der Waals surface area contributed by atoms with E-state index in [0.717, 1.165) is 5.56 Å². The molecule has 1 amide bonds. The Bertz CT molecular complexity index is 589. The molecule has 2 aliphatic rings. The van der Waals surface area contributed by atoms with Crippen LogP contribution in [-0.4, -0.2) is 47.4 Å². The van der Waals surface area contributed by atoms with Gasteiger partial charge in [-0.2, -0.15) is 0 Å². The average molecular weight is 289 g/mol. The number of nitrogens with zero attached hydrogens (tertiary/aromatic N) is 1. The molecule has 1 spiro atoms. The zero-order valence-corrected chi connectivity index (χ0v) is 11.3. The molecular weight excluding hydrogens is 274 g/mol. The molecule has 0 aliphatic carbocycles. The molecular formula is C15H15NO5. The Morgan fingerprint density at radius 1 is 1.29 bits per heavy atom. The van der Waals surface area contributed by atoms with Gasteiger partial charge in [-0.15, -0.1) is 0 Å². The molecule has 21 heavy (non-hydrogen) atoms. The molecule has 6 heteroatoms. The minimum atomic E-state index is -0.975. The van der Waals surface area contributed by atoms with Crippen molar-refractivity contribution in [3.63, 3.8) is 0 Å². The molecule has 0 aromatic heterocycles. The Balaban J connectivity index is 1.50. The lowest BCUT2D eigenvalue weighted by atomic mass is 9.94. The van der Waals surface area contributed by atoms with Gasteiger partial charge in [-0.3, -0.25) is 0 Å². The number of amides is 1. The van der Waals surface area contributed by atoms with E-state index in [1.54, 1.807) is 6.08 Å². The molecule has 6 nitrogen and oxygen atoms in total. The maximum Gasteiger partial charge on any atom is 0.410 e. The highest BCUT2D eigenvalue weighted by Crippen LogP contribution is 2.33. The van der Waals surface area contributed by atoms with Crippen molar-refractivity contribution in [3.8, 4) is 0 Å². The Labute approximate surface area is 121 Å². The van der Waals surface area contributed by atoms with Crippen LogP contribution in [0.4, 0.5) is 4.79 Å². The van der Waals surface area contributed by atoms with Crippen molar-refractivity contribution in [3.05, 3.63) is 47.5 Å². The highest BCUT2D eigenvalue weighted by Gasteiger charge is 2.49. The standard InChI is InChI=1S/C15H15NO5/c17-13(18)12-6-15(21-8-12)9-16(10-15)14(19)20-7-11-4-2-1-3-5-11/h1-6H,7-10H2,(H,17,18). The second-order valence-corrected chi connectivity index (χ2v) is 5.22. The van der Waals surface area contributed by atoms with Gasteiger partial charge in [0.1, 0.15) is 12.2 Å². The van der Waals surface area contributed by atoms with Crippen LogP contribution in [0.15, 0.2) is 42.0 Å². The second kappa shape index (κ2) is 5.21. The second-order valence-electron chi connectivity index (χ2n) is 5.22. The summed E-state index contributed by atoms with van der Waals surface area (Å²) in [5.74, 6) is -0.975. The van der Waals surface area contributed by atoms with E-state index in [0.29, 0.717) is 13.1 Å². The number of likely N-dealkylation sites (tertiary alicyclic amines) is 1. The minimum absolute atomic E-state index is 0.0856. The van der Waals surface area contributed by atoms with Gasteiger partial charge in [-0.25, -0.2) is 9.59 Å². The van der Waals surface area contributed by atoms with E-state index in [1.807, 2.05) is 30.3 Å². The number of hydrogen-bond donors (Lipinski definition) is 1. The summed E-state index contributed by atoms with van der Waals surface area (Å²) in [4.78, 5) is 24.2. The van der Waals surface area contributed by atoms with Gasteiger partial charge < -0.3 is 19.5 Å². The largest absolute Gasteiger partial charge is 0.478 e. The maximum absolute atomic E-state index is 11.9. The summed E-state index contributed by atoms with van der Waals surface area (Å²) >= 11 is 0. The minimum Gasteiger partial charge on any atom is -0.478 e. The van der Waals surface area contributed by atoms with E-state index in [2.05, 4.69) is 0 Å². The molecule has 1 saturated heterocycles. The van der Waals surface area contributed by atoms with Crippen LogP contribution in [0.25, 0.3) is 0 Å². The van der Waals surface area contributed by atoms with Crippen molar-refractivity contribution in [2.75, 3.05) is 19.7 Å². The molecule has 1 aromatic rings. The molecule has 1 N–H and O–H groups in total. The van der Waals surface area contributed by atoms with Crippen LogP contribution >= 0.6 is 0 Å². The van der Waals surface area contributed by atoms with Crippen LogP contribution in [-0.2, 0) is 20.9 Å². The summed E-state index contributed by atoms with van der Waals surface area (Å²) in [6.07, 6.45) is 1.18. The smallest absolute Gasteiger partial charge is 0.410 e. The van der Waals surface area contributed by atoms with Gasteiger partial charge in [0.25, 0.3) is 0 Å². The normalized spacial score (nSPS) is 19.0. The SMILES string of the molecule is O=C(O)C1=CC2(CN(C(=O)OCc3ccccc3)C2)OC1. The lowest BCUT2D eigenvalue weighted by Crippen LogP contribution is -2.62. The molecule has 0 bridgehead atoms. The molecule has 2 aliphatic heterocycles. The van der Waals surface area contributed by atoms with E-state index in [4.69, 9.17) is 14.6 Å². The molecule has 110 valence electrons.